The molecular formula is C12H20N2O4S. The number of rotatable bonds is 3. The third kappa shape index (κ3) is 2.75. The van der Waals surface area contributed by atoms with Crippen LogP contribution in [-0.4, -0.2) is 54.8 Å². The highest BCUT2D eigenvalue weighted by Crippen LogP contribution is 2.31. The molecular weight excluding hydrogens is 268 g/mol. The number of sulfone groups is 1. The molecule has 2 saturated heterocycles. The van der Waals surface area contributed by atoms with Gasteiger partial charge in [0, 0.05) is 0 Å². The monoisotopic (exact) mass is 288 g/mol. The Hall–Kier alpha value is -1.11. The largest absolute Gasteiger partial charge is 0.343 e. The average molecular weight is 288 g/mol. The van der Waals surface area contributed by atoms with E-state index in [9.17, 15) is 18.0 Å². The Morgan fingerprint density at radius 1 is 1.42 bits per heavy atom. The molecule has 0 aromatic heterocycles. The van der Waals surface area contributed by atoms with Gasteiger partial charge in [-0.15, -0.1) is 0 Å². The zero-order chi connectivity index (χ0) is 14.3. The topological polar surface area (TPSA) is 83.6 Å². The van der Waals surface area contributed by atoms with Crippen molar-refractivity contribution < 1.29 is 18.0 Å². The van der Waals surface area contributed by atoms with Gasteiger partial charge < -0.3 is 10.2 Å². The van der Waals surface area contributed by atoms with Crippen molar-refractivity contribution in [3.8, 4) is 0 Å². The van der Waals surface area contributed by atoms with Crippen LogP contribution in [-0.2, 0) is 19.4 Å². The number of amides is 2. The minimum atomic E-state index is -3.10. The van der Waals surface area contributed by atoms with Crippen LogP contribution < -0.4 is 5.32 Å². The van der Waals surface area contributed by atoms with E-state index in [1.54, 1.807) is 6.92 Å². The molecule has 2 heterocycles. The summed E-state index contributed by atoms with van der Waals surface area (Å²) in [5, 5.41) is 2.68. The molecule has 0 spiro atoms. The van der Waals surface area contributed by atoms with Crippen LogP contribution in [0.1, 0.15) is 33.1 Å². The van der Waals surface area contributed by atoms with Crippen LogP contribution in [0.3, 0.4) is 0 Å². The fourth-order valence-corrected chi connectivity index (χ4v) is 5.00. The Morgan fingerprint density at radius 3 is 2.63 bits per heavy atom. The third-order valence-corrected chi connectivity index (χ3v) is 5.80. The van der Waals surface area contributed by atoms with Crippen molar-refractivity contribution in [1.29, 1.82) is 0 Å². The average Bonchev–Trinajstić information content (AvgIpc) is 2.59. The molecule has 19 heavy (non-hydrogen) atoms. The highest BCUT2D eigenvalue weighted by molar-refractivity contribution is 7.91. The van der Waals surface area contributed by atoms with Crippen LogP contribution in [0.15, 0.2) is 0 Å². The molecule has 2 unspecified atom stereocenters. The molecule has 2 fully saturated rings. The molecule has 0 aromatic rings. The fourth-order valence-electron chi connectivity index (χ4n) is 2.86. The van der Waals surface area contributed by atoms with Gasteiger partial charge in [0.1, 0.15) is 12.6 Å². The number of nitrogens with zero attached hydrogens (tertiary/aromatic N) is 1. The van der Waals surface area contributed by atoms with Gasteiger partial charge in [-0.05, 0) is 19.8 Å². The van der Waals surface area contributed by atoms with E-state index in [-0.39, 0.29) is 29.9 Å². The molecule has 7 heteroatoms. The first-order valence-corrected chi connectivity index (χ1v) is 8.41. The van der Waals surface area contributed by atoms with Gasteiger partial charge >= 0.3 is 0 Å². The van der Waals surface area contributed by atoms with Gasteiger partial charge in [-0.2, -0.15) is 0 Å². The predicted octanol–water partition coefficient (Wildman–Crippen LogP) is -0.309. The van der Waals surface area contributed by atoms with E-state index >= 15 is 0 Å². The standard InChI is InChI=1S/C12H20N2O4S/c1-3-4-9-11(16)14(7-10(15)13-9)12(2)5-6-19(17,18)8-12/h9H,3-8H2,1-2H3,(H,13,15). The van der Waals surface area contributed by atoms with E-state index in [0.717, 1.165) is 6.42 Å². The number of hydrogen-bond donors (Lipinski definition) is 1. The Morgan fingerprint density at radius 2 is 2.11 bits per heavy atom. The van der Waals surface area contributed by atoms with E-state index in [1.807, 2.05) is 6.92 Å². The molecule has 0 aliphatic carbocycles. The molecule has 2 rings (SSSR count). The number of hydrogen-bond acceptors (Lipinski definition) is 4. The fraction of sp³-hybridized carbons (Fsp3) is 0.833. The molecule has 0 saturated carbocycles. The Balaban J connectivity index is 2.23. The van der Waals surface area contributed by atoms with E-state index in [0.29, 0.717) is 12.8 Å². The summed E-state index contributed by atoms with van der Waals surface area (Å²) in [6.07, 6.45) is 1.79. The summed E-state index contributed by atoms with van der Waals surface area (Å²) in [5.74, 6) is -0.310. The van der Waals surface area contributed by atoms with E-state index in [4.69, 9.17) is 0 Å². The molecule has 2 aliphatic heterocycles. The summed E-state index contributed by atoms with van der Waals surface area (Å²) in [7, 11) is -3.10. The minimum Gasteiger partial charge on any atom is -0.343 e. The van der Waals surface area contributed by atoms with Crippen molar-refractivity contribution in [3.63, 3.8) is 0 Å². The van der Waals surface area contributed by atoms with Gasteiger partial charge in [-0.25, -0.2) is 8.42 Å². The normalized spacial score (nSPS) is 34.4. The smallest absolute Gasteiger partial charge is 0.246 e. The van der Waals surface area contributed by atoms with Crippen LogP contribution in [0, 0.1) is 0 Å². The molecule has 0 radical (unpaired) electrons. The summed E-state index contributed by atoms with van der Waals surface area (Å²) < 4.78 is 23.3. The van der Waals surface area contributed by atoms with Gasteiger partial charge in [0.15, 0.2) is 9.84 Å². The lowest BCUT2D eigenvalue weighted by Gasteiger charge is -2.42. The molecule has 0 bridgehead atoms. The quantitative estimate of drug-likeness (QED) is 0.772. The van der Waals surface area contributed by atoms with Gasteiger partial charge in [-0.3, -0.25) is 9.59 Å². The number of carbonyl (C=O) groups excluding carboxylic acids is 2. The van der Waals surface area contributed by atoms with Crippen LogP contribution >= 0.6 is 0 Å². The molecule has 2 atom stereocenters. The highest BCUT2D eigenvalue weighted by atomic mass is 32.2. The Labute approximate surface area is 113 Å². The van der Waals surface area contributed by atoms with Crippen LogP contribution in [0.25, 0.3) is 0 Å². The summed E-state index contributed by atoms with van der Waals surface area (Å²) >= 11 is 0. The van der Waals surface area contributed by atoms with E-state index in [2.05, 4.69) is 5.32 Å². The zero-order valence-electron chi connectivity index (χ0n) is 11.3. The SMILES string of the molecule is CCCC1NC(=O)CN(C2(C)CCS(=O)(=O)C2)C1=O. The highest BCUT2D eigenvalue weighted by Gasteiger charge is 2.48. The summed E-state index contributed by atoms with van der Waals surface area (Å²) in [5.41, 5.74) is -0.736. The predicted molar refractivity (Wildman–Crippen MR) is 70.2 cm³/mol. The number of piperazine rings is 1. The first-order chi connectivity index (χ1) is 8.77. The van der Waals surface area contributed by atoms with Crippen molar-refractivity contribution in [2.75, 3.05) is 18.1 Å². The van der Waals surface area contributed by atoms with Gasteiger partial charge in [0.25, 0.3) is 0 Å². The van der Waals surface area contributed by atoms with Crippen molar-refractivity contribution in [2.24, 2.45) is 0 Å². The summed E-state index contributed by atoms with van der Waals surface area (Å²) in [6, 6.07) is -0.508. The van der Waals surface area contributed by atoms with Crippen LogP contribution in [0.4, 0.5) is 0 Å². The first-order valence-electron chi connectivity index (χ1n) is 6.59. The Kier molecular flexibility index (Phi) is 3.59. The molecule has 0 aromatic carbocycles. The molecule has 1 N–H and O–H groups in total. The minimum absolute atomic E-state index is 0.0366. The van der Waals surface area contributed by atoms with E-state index < -0.39 is 21.4 Å². The Bertz CT molecular complexity index is 502. The van der Waals surface area contributed by atoms with Gasteiger partial charge in [0.2, 0.25) is 11.8 Å². The summed E-state index contributed by atoms with van der Waals surface area (Å²) in [6.45, 7) is 3.67. The van der Waals surface area contributed by atoms with Crippen molar-refractivity contribution in [3.05, 3.63) is 0 Å². The maximum absolute atomic E-state index is 12.4. The lowest BCUT2D eigenvalue weighted by Crippen LogP contribution is -2.64. The second-order valence-electron chi connectivity index (χ2n) is 5.67. The van der Waals surface area contributed by atoms with Crippen molar-refractivity contribution >= 4 is 21.7 Å². The van der Waals surface area contributed by atoms with Crippen LogP contribution in [0.5, 0.6) is 0 Å². The van der Waals surface area contributed by atoms with Gasteiger partial charge in [0.05, 0.1) is 17.0 Å². The second-order valence-corrected chi connectivity index (χ2v) is 7.86. The van der Waals surface area contributed by atoms with Crippen molar-refractivity contribution in [1.82, 2.24) is 10.2 Å². The van der Waals surface area contributed by atoms with Gasteiger partial charge in [-0.1, -0.05) is 13.3 Å². The zero-order valence-corrected chi connectivity index (χ0v) is 12.1. The maximum atomic E-state index is 12.4. The second kappa shape index (κ2) is 4.77. The maximum Gasteiger partial charge on any atom is 0.246 e. The molecule has 2 aliphatic rings. The number of nitrogens with one attached hydrogen (secondary N) is 1. The molecule has 6 nitrogen and oxygen atoms in total. The third-order valence-electron chi connectivity index (χ3n) is 3.91. The lowest BCUT2D eigenvalue weighted by atomic mass is 9.95. The van der Waals surface area contributed by atoms with E-state index in [1.165, 1.54) is 4.90 Å². The summed E-state index contributed by atoms with van der Waals surface area (Å²) in [4.78, 5) is 25.6. The van der Waals surface area contributed by atoms with Crippen molar-refractivity contribution in [2.45, 2.75) is 44.7 Å². The van der Waals surface area contributed by atoms with Crippen LogP contribution in [0.2, 0.25) is 0 Å². The first kappa shape index (κ1) is 14.3. The lowest BCUT2D eigenvalue weighted by molar-refractivity contribution is -0.149. The number of carbonyl (C=O) groups is 2. The molecule has 2 amide bonds. The molecule has 108 valence electrons.